The van der Waals surface area contributed by atoms with Crippen molar-refractivity contribution in [3.05, 3.63) is 65.2 Å². The minimum absolute atomic E-state index is 0.0191. The van der Waals surface area contributed by atoms with Gasteiger partial charge in [0.1, 0.15) is 11.6 Å². The van der Waals surface area contributed by atoms with Gasteiger partial charge >= 0.3 is 12.1 Å². The fourth-order valence-electron chi connectivity index (χ4n) is 4.37. The van der Waals surface area contributed by atoms with Gasteiger partial charge in [0, 0.05) is 12.1 Å². The molecule has 1 saturated carbocycles. The summed E-state index contributed by atoms with van der Waals surface area (Å²) < 4.78 is 72.2. The van der Waals surface area contributed by atoms with Crippen LogP contribution in [-0.4, -0.2) is 61.6 Å². The fourth-order valence-corrected chi connectivity index (χ4v) is 6.28. The Morgan fingerprint density at radius 1 is 1.08 bits per heavy atom. The third kappa shape index (κ3) is 5.08. The van der Waals surface area contributed by atoms with Crippen molar-refractivity contribution in [3.63, 3.8) is 0 Å². The number of nitrogens with zero attached hydrogens (tertiary/aromatic N) is 2. The van der Waals surface area contributed by atoms with Crippen LogP contribution in [0.2, 0.25) is 0 Å². The number of carbonyl (C=O) groups is 3. The van der Waals surface area contributed by atoms with Crippen molar-refractivity contribution >= 4 is 27.6 Å². The third-order valence-corrected chi connectivity index (χ3v) is 8.83. The molecule has 4 rings (SSSR count). The van der Waals surface area contributed by atoms with Crippen LogP contribution in [0.15, 0.2) is 53.4 Å². The minimum atomic E-state index is -4.94. The number of ether oxygens (including phenoxy) is 1. The number of halogens is 3. The van der Waals surface area contributed by atoms with E-state index in [9.17, 15) is 41.2 Å². The summed E-state index contributed by atoms with van der Waals surface area (Å²) in [6.07, 6.45) is -4.65. The molecule has 0 spiro atoms. The number of hydrogen-bond donors (Lipinski definition) is 1. The van der Waals surface area contributed by atoms with Gasteiger partial charge in [-0.15, -0.1) is 0 Å². The molecule has 13 heteroatoms. The second kappa shape index (κ2) is 9.75. The van der Waals surface area contributed by atoms with Crippen LogP contribution < -0.4 is 5.32 Å². The van der Waals surface area contributed by atoms with E-state index in [0.717, 1.165) is 23.1 Å². The molecule has 38 heavy (non-hydrogen) atoms. The molecule has 2 aromatic rings. The quantitative estimate of drug-likeness (QED) is 0.548. The Balaban J connectivity index is 1.69. The minimum Gasteiger partial charge on any atom is -0.465 e. The highest BCUT2D eigenvalue weighted by molar-refractivity contribution is 7.92. The molecule has 2 atom stereocenters. The van der Waals surface area contributed by atoms with E-state index in [1.165, 1.54) is 31.4 Å². The van der Waals surface area contributed by atoms with Crippen LogP contribution in [0.5, 0.6) is 0 Å². The van der Waals surface area contributed by atoms with Crippen LogP contribution in [-0.2, 0) is 25.5 Å². The van der Waals surface area contributed by atoms with E-state index in [-0.39, 0.29) is 11.1 Å². The number of esters is 1. The molecule has 2 amide bonds. The first-order valence-electron chi connectivity index (χ1n) is 11.5. The molecule has 0 bridgehead atoms. The lowest BCUT2D eigenvalue weighted by molar-refractivity contribution is -0.139. The number of alkyl halides is 3. The van der Waals surface area contributed by atoms with Crippen LogP contribution in [0, 0.1) is 11.3 Å². The van der Waals surface area contributed by atoms with Crippen LogP contribution in [0.25, 0.3) is 0 Å². The molecule has 1 heterocycles. The third-order valence-electron chi connectivity index (χ3n) is 6.64. The van der Waals surface area contributed by atoms with E-state index in [2.05, 4.69) is 10.1 Å². The van der Waals surface area contributed by atoms with E-state index in [4.69, 9.17) is 0 Å². The van der Waals surface area contributed by atoms with Gasteiger partial charge in [-0.2, -0.15) is 18.4 Å². The van der Waals surface area contributed by atoms with Crippen molar-refractivity contribution in [2.45, 2.75) is 47.2 Å². The fraction of sp³-hybridized carbons (Fsp3) is 0.360. The Hall–Kier alpha value is -3.92. The number of likely N-dealkylation sites (tertiary alicyclic amines) is 1. The molecule has 2 fully saturated rings. The van der Waals surface area contributed by atoms with Gasteiger partial charge in [-0.1, -0.05) is 12.1 Å². The first-order chi connectivity index (χ1) is 17.8. The van der Waals surface area contributed by atoms with E-state index < -0.39 is 74.1 Å². The van der Waals surface area contributed by atoms with Crippen molar-refractivity contribution in [2.75, 3.05) is 13.7 Å². The standard InChI is InChI=1S/C25H22F3N3O6S/c1-37-23(34)16-8-6-15(7-9-16)22(33)31-13-17(12-19(31)21(32)30-24(14-29)10-11-24)38(35,36)20-5-3-2-4-18(20)25(26,27)28/h2-9,17,19H,10-13H2,1H3,(H,30,32). The number of rotatable bonds is 6. The summed E-state index contributed by atoms with van der Waals surface area (Å²) >= 11 is 0. The molecule has 200 valence electrons. The lowest BCUT2D eigenvalue weighted by Crippen LogP contribution is -2.49. The normalized spacial score (nSPS) is 20.3. The number of nitrogens with one attached hydrogen (secondary N) is 1. The molecule has 1 aliphatic carbocycles. The first-order valence-corrected chi connectivity index (χ1v) is 13.0. The van der Waals surface area contributed by atoms with Crippen molar-refractivity contribution < 1.29 is 40.7 Å². The second-order valence-corrected chi connectivity index (χ2v) is 11.3. The SMILES string of the molecule is COC(=O)c1ccc(C(=O)N2CC(S(=O)(=O)c3ccccc3C(F)(F)F)CC2C(=O)NC2(C#N)CC2)cc1. The van der Waals surface area contributed by atoms with E-state index in [1.54, 1.807) is 0 Å². The summed E-state index contributed by atoms with van der Waals surface area (Å²) in [7, 11) is -3.46. The molecular weight excluding hydrogens is 527 g/mol. The predicted octanol–water partition coefficient (Wildman–Crippen LogP) is 2.72. The molecule has 0 aromatic heterocycles. The number of amides is 2. The first kappa shape index (κ1) is 27.1. The zero-order valence-corrected chi connectivity index (χ0v) is 20.8. The highest BCUT2D eigenvalue weighted by Gasteiger charge is 2.51. The summed E-state index contributed by atoms with van der Waals surface area (Å²) in [4.78, 5) is 38.3. The zero-order valence-electron chi connectivity index (χ0n) is 20.0. The van der Waals surface area contributed by atoms with Gasteiger partial charge in [-0.25, -0.2) is 13.2 Å². The monoisotopic (exact) mass is 549 g/mol. The Morgan fingerprint density at radius 3 is 2.24 bits per heavy atom. The van der Waals surface area contributed by atoms with Crippen molar-refractivity contribution in [1.82, 2.24) is 10.2 Å². The maximum atomic E-state index is 13.6. The van der Waals surface area contributed by atoms with Gasteiger partial charge in [0.2, 0.25) is 5.91 Å². The Labute approximate surface area is 216 Å². The molecule has 2 aliphatic rings. The van der Waals surface area contributed by atoms with Crippen LogP contribution in [0.1, 0.15) is 45.5 Å². The maximum absolute atomic E-state index is 13.6. The van der Waals surface area contributed by atoms with Gasteiger partial charge in [-0.3, -0.25) is 9.59 Å². The maximum Gasteiger partial charge on any atom is 0.417 e. The van der Waals surface area contributed by atoms with Crippen molar-refractivity contribution in [2.24, 2.45) is 0 Å². The Kier molecular flexibility index (Phi) is 6.96. The molecular formula is C25H22F3N3O6S. The Morgan fingerprint density at radius 2 is 1.68 bits per heavy atom. The zero-order chi connectivity index (χ0) is 27.9. The van der Waals surface area contributed by atoms with Gasteiger partial charge in [0.05, 0.1) is 34.5 Å². The highest BCUT2D eigenvalue weighted by Crippen LogP contribution is 2.39. The van der Waals surface area contributed by atoms with Gasteiger partial charge in [0.25, 0.3) is 5.91 Å². The van der Waals surface area contributed by atoms with E-state index in [1.807, 2.05) is 6.07 Å². The van der Waals surface area contributed by atoms with Crippen LogP contribution in [0.3, 0.4) is 0 Å². The number of sulfone groups is 1. The van der Waals surface area contributed by atoms with E-state index in [0.29, 0.717) is 18.9 Å². The molecule has 2 aromatic carbocycles. The average Bonchev–Trinajstić information content (AvgIpc) is 3.52. The van der Waals surface area contributed by atoms with Crippen LogP contribution in [0.4, 0.5) is 13.2 Å². The summed E-state index contributed by atoms with van der Waals surface area (Å²) in [5, 5.41) is 10.4. The Bertz CT molecular complexity index is 1430. The molecule has 0 radical (unpaired) electrons. The molecule has 9 nitrogen and oxygen atoms in total. The largest absolute Gasteiger partial charge is 0.465 e. The predicted molar refractivity (Wildman–Crippen MR) is 125 cm³/mol. The summed E-state index contributed by atoms with van der Waals surface area (Å²) in [5.74, 6) is -2.18. The van der Waals surface area contributed by atoms with Gasteiger partial charge in [-0.05, 0) is 55.7 Å². The van der Waals surface area contributed by atoms with Crippen molar-refractivity contribution in [3.8, 4) is 6.07 Å². The van der Waals surface area contributed by atoms with Crippen LogP contribution >= 0.6 is 0 Å². The number of methoxy groups -OCH3 is 1. The second-order valence-electron chi connectivity index (χ2n) is 9.12. The number of nitriles is 1. The summed E-state index contributed by atoms with van der Waals surface area (Å²) in [6.45, 7) is -0.552. The highest BCUT2D eigenvalue weighted by atomic mass is 32.2. The molecule has 1 aliphatic heterocycles. The summed E-state index contributed by atoms with van der Waals surface area (Å²) in [6, 6.07) is 9.56. The smallest absolute Gasteiger partial charge is 0.417 e. The average molecular weight is 550 g/mol. The topological polar surface area (TPSA) is 134 Å². The number of hydrogen-bond acceptors (Lipinski definition) is 7. The molecule has 1 N–H and O–H groups in total. The number of benzene rings is 2. The van der Waals surface area contributed by atoms with Gasteiger partial charge in [0.15, 0.2) is 9.84 Å². The lowest BCUT2D eigenvalue weighted by atomic mass is 10.1. The summed E-state index contributed by atoms with van der Waals surface area (Å²) in [5.41, 5.74) is -2.29. The molecule has 1 saturated heterocycles. The lowest BCUT2D eigenvalue weighted by Gasteiger charge is -2.25. The van der Waals surface area contributed by atoms with Crippen molar-refractivity contribution in [1.29, 1.82) is 5.26 Å². The van der Waals surface area contributed by atoms with E-state index >= 15 is 0 Å². The molecule has 2 unspecified atom stereocenters. The van der Waals surface area contributed by atoms with Gasteiger partial charge < -0.3 is 15.0 Å². The number of carbonyl (C=O) groups excluding carboxylic acids is 3.